The first kappa shape index (κ1) is 22.0. The minimum atomic E-state index is -4.51. The molecule has 9 nitrogen and oxygen atoms in total. The molecule has 3 heterocycles. The molecule has 1 unspecified atom stereocenters. The minimum absolute atomic E-state index is 0.0190. The van der Waals surface area contributed by atoms with Crippen molar-refractivity contribution in [1.29, 1.82) is 0 Å². The molecule has 0 saturated heterocycles. The fourth-order valence-corrected chi connectivity index (χ4v) is 4.12. The molecule has 0 aromatic carbocycles. The van der Waals surface area contributed by atoms with Crippen LogP contribution in [0, 0.1) is 12.8 Å². The van der Waals surface area contributed by atoms with Crippen LogP contribution in [0.25, 0.3) is 0 Å². The molecule has 1 aliphatic heterocycles. The maximum atomic E-state index is 12.8. The van der Waals surface area contributed by atoms with Crippen molar-refractivity contribution in [1.82, 2.24) is 19.9 Å². The van der Waals surface area contributed by atoms with Crippen molar-refractivity contribution in [3.63, 3.8) is 0 Å². The lowest BCUT2D eigenvalue weighted by Crippen LogP contribution is -2.50. The highest BCUT2D eigenvalue weighted by Gasteiger charge is 2.37. The lowest BCUT2D eigenvalue weighted by molar-refractivity contribution is -0.141. The first-order valence-corrected chi connectivity index (χ1v) is 10.4. The van der Waals surface area contributed by atoms with E-state index in [1.807, 2.05) is 32.7 Å². The summed E-state index contributed by atoms with van der Waals surface area (Å²) in [6.45, 7) is 5.78. The minimum Gasteiger partial charge on any atom is -0.367 e. The van der Waals surface area contributed by atoms with Gasteiger partial charge in [0.05, 0.1) is 5.69 Å². The number of halogens is 3. The maximum Gasteiger partial charge on any atom is 0.433 e. The molecule has 32 heavy (non-hydrogen) atoms. The molecule has 0 radical (unpaired) electrons. The number of hydrogen-bond acceptors (Lipinski definition) is 8. The smallest absolute Gasteiger partial charge is 0.367 e. The summed E-state index contributed by atoms with van der Waals surface area (Å²) in [6, 6.07) is 0.635. The lowest BCUT2D eigenvalue weighted by Gasteiger charge is -2.38. The Labute approximate surface area is 183 Å². The summed E-state index contributed by atoms with van der Waals surface area (Å²) in [5.41, 5.74) is 0.296. The van der Waals surface area contributed by atoms with E-state index in [1.54, 1.807) is 0 Å². The standard InChI is InChI=1S/C20H25F3N8O/c1-9(2)16-18(32)29-15-10(3)26-19(30-17(15)31(16)4)28-12-5-11(6-12)27-14-7-13(20(21,22)23)24-8-25-14/h7-9,11-12,16H,5-6H2,1-4H3,(H,29,32)(H,24,25,27)(H,26,28,30). The second-order valence-corrected chi connectivity index (χ2v) is 8.56. The van der Waals surface area contributed by atoms with E-state index in [0.717, 1.165) is 12.4 Å². The number of carbonyl (C=O) groups is 1. The average molecular weight is 450 g/mol. The van der Waals surface area contributed by atoms with Crippen LogP contribution in [-0.4, -0.2) is 51.0 Å². The molecule has 1 fully saturated rings. The molecule has 4 rings (SSSR count). The molecule has 0 spiro atoms. The van der Waals surface area contributed by atoms with Crippen molar-refractivity contribution in [3.8, 4) is 0 Å². The van der Waals surface area contributed by atoms with Crippen LogP contribution in [-0.2, 0) is 11.0 Å². The van der Waals surface area contributed by atoms with Gasteiger partial charge in [-0.3, -0.25) is 4.79 Å². The van der Waals surface area contributed by atoms with Crippen LogP contribution in [0.15, 0.2) is 12.4 Å². The third-order valence-electron chi connectivity index (χ3n) is 5.75. The summed E-state index contributed by atoms with van der Waals surface area (Å²) in [4.78, 5) is 30.5. The number of aromatic nitrogens is 4. The fourth-order valence-electron chi connectivity index (χ4n) is 4.12. The van der Waals surface area contributed by atoms with Gasteiger partial charge in [-0.15, -0.1) is 0 Å². The molecule has 2 aromatic heterocycles. The second-order valence-electron chi connectivity index (χ2n) is 8.56. The van der Waals surface area contributed by atoms with Crippen LogP contribution in [0.2, 0.25) is 0 Å². The van der Waals surface area contributed by atoms with E-state index < -0.39 is 11.9 Å². The van der Waals surface area contributed by atoms with E-state index >= 15 is 0 Å². The zero-order valence-electron chi connectivity index (χ0n) is 18.2. The van der Waals surface area contributed by atoms with Gasteiger partial charge in [-0.2, -0.15) is 18.2 Å². The van der Waals surface area contributed by atoms with E-state index in [-0.39, 0.29) is 35.8 Å². The van der Waals surface area contributed by atoms with Crippen LogP contribution in [0.5, 0.6) is 0 Å². The number of hydrogen-bond donors (Lipinski definition) is 3. The number of rotatable bonds is 5. The molecule has 1 amide bonds. The normalized spacial score (nSPS) is 22.8. The number of anilines is 4. The molecular formula is C20H25F3N8O. The summed E-state index contributed by atoms with van der Waals surface area (Å²) in [6.07, 6.45) is -2.26. The molecule has 0 bridgehead atoms. The topological polar surface area (TPSA) is 108 Å². The number of nitrogens with zero attached hydrogens (tertiary/aromatic N) is 5. The first-order chi connectivity index (χ1) is 15.0. The van der Waals surface area contributed by atoms with Gasteiger partial charge in [0.1, 0.15) is 29.6 Å². The van der Waals surface area contributed by atoms with Gasteiger partial charge in [0, 0.05) is 25.2 Å². The van der Waals surface area contributed by atoms with Gasteiger partial charge in [0.25, 0.3) is 0 Å². The van der Waals surface area contributed by atoms with Gasteiger partial charge >= 0.3 is 6.18 Å². The Hall–Kier alpha value is -3.18. The summed E-state index contributed by atoms with van der Waals surface area (Å²) < 4.78 is 38.4. The number of carbonyl (C=O) groups excluding carboxylic acids is 1. The SMILES string of the molecule is Cc1nc(NC2CC(Nc3cc(C(F)(F)F)ncn3)C2)nc2c1NC(=O)C(C(C)C)N2C. The van der Waals surface area contributed by atoms with Crippen LogP contribution in [0.1, 0.15) is 38.1 Å². The van der Waals surface area contributed by atoms with E-state index in [0.29, 0.717) is 36.0 Å². The van der Waals surface area contributed by atoms with Crippen molar-refractivity contribution in [3.05, 3.63) is 23.8 Å². The molecule has 1 aliphatic carbocycles. The Morgan fingerprint density at radius 1 is 1.16 bits per heavy atom. The summed E-state index contributed by atoms with van der Waals surface area (Å²) in [5, 5.41) is 9.21. The Balaban J connectivity index is 1.40. The Kier molecular flexibility index (Phi) is 5.55. The van der Waals surface area contributed by atoms with Crippen molar-refractivity contribution < 1.29 is 18.0 Å². The number of fused-ring (bicyclic) bond motifs is 1. The third kappa shape index (κ3) is 4.26. The summed E-state index contributed by atoms with van der Waals surface area (Å²) in [5.74, 6) is 1.30. The van der Waals surface area contributed by atoms with Gasteiger partial charge in [-0.25, -0.2) is 15.0 Å². The first-order valence-electron chi connectivity index (χ1n) is 10.4. The van der Waals surface area contributed by atoms with Gasteiger partial charge in [-0.1, -0.05) is 13.8 Å². The van der Waals surface area contributed by atoms with E-state index in [4.69, 9.17) is 0 Å². The van der Waals surface area contributed by atoms with Gasteiger partial charge in [0.2, 0.25) is 11.9 Å². The zero-order chi connectivity index (χ0) is 23.2. The van der Waals surface area contributed by atoms with Crippen molar-refractivity contribution >= 4 is 29.2 Å². The van der Waals surface area contributed by atoms with E-state index in [2.05, 4.69) is 35.9 Å². The average Bonchev–Trinajstić information content (AvgIpc) is 2.66. The molecule has 2 aromatic rings. The van der Waals surface area contributed by atoms with Gasteiger partial charge in [-0.05, 0) is 25.7 Å². The lowest BCUT2D eigenvalue weighted by atomic mass is 9.87. The highest BCUT2D eigenvalue weighted by molar-refractivity contribution is 6.03. The summed E-state index contributed by atoms with van der Waals surface area (Å²) in [7, 11) is 1.85. The molecule has 12 heteroatoms. The van der Waals surface area contributed by atoms with Crippen LogP contribution in [0.3, 0.4) is 0 Å². The van der Waals surface area contributed by atoms with Gasteiger partial charge < -0.3 is 20.9 Å². The van der Waals surface area contributed by atoms with Crippen molar-refractivity contribution in [2.24, 2.45) is 5.92 Å². The van der Waals surface area contributed by atoms with Crippen LogP contribution < -0.4 is 20.9 Å². The number of nitrogens with one attached hydrogen (secondary N) is 3. The molecule has 1 atom stereocenters. The highest BCUT2D eigenvalue weighted by Crippen LogP contribution is 2.35. The van der Waals surface area contributed by atoms with E-state index in [9.17, 15) is 18.0 Å². The quantitative estimate of drug-likeness (QED) is 0.638. The van der Waals surface area contributed by atoms with Crippen LogP contribution >= 0.6 is 0 Å². The third-order valence-corrected chi connectivity index (χ3v) is 5.75. The fraction of sp³-hybridized carbons (Fsp3) is 0.550. The van der Waals surface area contributed by atoms with Gasteiger partial charge in [0.15, 0.2) is 5.82 Å². The highest BCUT2D eigenvalue weighted by atomic mass is 19.4. The predicted molar refractivity (Wildman–Crippen MR) is 114 cm³/mol. The number of likely N-dealkylation sites (N-methyl/N-ethyl adjacent to an activating group) is 1. The Morgan fingerprint density at radius 2 is 1.84 bits per heavy atom. The van der Waals surface area contributed by atoms with Crippen molar-refractivity contribution in [2.45, 2.75) is 57.9 Å². The molecule has 2 aliphatic rings. The Bertz CT molecular complexity index is 1020. The van der Waals surface area contributed by atoms with E-state index in [1.165, 1.54) is 0 Å². The zero-order valence-corrected chi connectivity index (χ0v) is 18.2. The number of aryl methyl sites for hydroxylation is 1. The molecule has 1 saturated carbocycles. The maximum absolute atomic E-state index is 12.8. The second kappa shape index (κ2) is 8.06. The van der Waals surface area contributed by atoms with Crippen LogP contribution in [0.4, 0.5) is 36.4 Å². The Morgan fingerprint density at radius 3 is 2.50 bits per heavy atom. The predicted octanol–water partition coefficient (Wildman–Crippen LogP) is 3.06. The summed E-state index contributed by atoms with van der Waals surface area (Å²) >= 11 is 0. The van der Waals surface area contributed by atoms with Crippen molar-refractivity contribution in [2.75, 3.05) is 27.9 Å². The number of alkyl halides is 3. The molecular weight excluding hydrogens is 425 g/mol. The monoisotopic (exact) mass is 450 g/mol. The largest absolute Gasteiger partial charge is 0.433 e. The molecule has 3 N–H and O–H groups in total. The molecule has 172 valence electrons. The number of amides is 1.